The fourth-order valence-corrected chi connectivity index (χ4v) is 2.32. The van der Waals surface area contributed by atoms with Crippen LogP contribution in [0.3, 0.4) is 0 Å². The molecule has 1 aromatic heterocycles. The molecule has 16 heavy (non-hydrogen) atoms. The van der Waals surface area contributed by atoms with E-state index in [2.05, 4.69) is 26.1 Å². The number of alkyl halides is 1. The van der Waals surface area contributed by atoms with Crippen LogP contribution in [0.4, 0.5) is 0 Å². The maximum Gasteiger partial charge on any atom is 0.165 e. The molecule has 0 aliphatic rings. The smallest absolute Gasteiger partial charge is 0.165 e. The second-order valence-corrected chi connectivity index (χ2v) is 4.58. The minimum atomic E-state index is 0.681. The van der Waals surface area contributed by atoms with Crippen molar-refractivity contribution in [3.8, 4) is 11.4 Å². The van der Waals surface area contributed by atoms with Crippen LogP contribution in [0.5, 0.6) is 0 Å². The molecule has 2 rings (SSSR count). The Morgan fingerprint density at radius 2 is 2.12 bits per heavy atom. The lowest BCUT2D eigenvalue weighted by molar-refractivity contribution is 0.859. The van der Waals surface area contributed by atoms with Gasteiger partial charge in [0.05, 0.1) is 10.4 Å². The molecule has 0 bridgehead atoms. The SMILES string of the molecule is Cc1ccc(-c2nnc(CBr)n2C)c(Cl)c1. The summed E-state index contributed by atoms with van der Waals surface area (Å²) in [4.78, 5) is 0. The van der Waals surface area contributed by atoms with Crippen LogP contribution < -0.4 is 0 Å². The molecule has 2 aromatic rings. The second kappa shape index (κ2) is 4.55. The lowest BCUT2D eigenvalue weighted by Crippen LogP contribution is -1.97. The molecule has 0 aliphatic carbocycles. The fraction of sp³-hybridized carbons (Fsp3) is 0.273. The van der Waals surface area contributed by atoms with Gasteiger partial charge in [0.15, 0.2) is 5.82 Å². The molecule has 0 atom stereocenters. The summed E-state index contributed by atoms with van der Waals surface area (Å²) in [7, 11) is 1.93. The van der Waals surface area contributed by atoms with Gasteiger partial charge in [-0.25, -0.2) is 0 Å². The highest BCUT2D eigenvalue weighted by molar-refractivity contribution is 9.08. The Bertz CT molecular complexity index is 522. The van der Waals surface area contributed by atoms with Crippen molar-refractivity contribution in [2.75, 3.05) is 0 Å². The van der Waals surface area contributed by atoms with Crippen LogP contribution >= 0.6 is 27.5 Å². The first kappa shape index (κ1) is 11.6. The van der Waals surface area contributed by atoms with Gasteiger partial charge in [0.25, 0.3) is 0 Å². The third kappa shape index (κ3) is 1.99. The molecule has 1 aromatic carbocycles. The first-order valence-corrected chi connectivity index (χ1v) is 6.34. The van der Waals surface area contributed by atoms with E-state index < -0.39 is 0 Å². The highest BCUT2D eigenvalue weighted by Gasteiger charge is 2.12. The lowest BCUT2D eigenvalue weighted by Gasteiger charge is -2.05. The average molecular weight is 301 g/mol. The highest BCUT2D eigenvalue weighted by atomic mass is 79.9. The van der Waals surface area contributed by atoms with Gasteiger partial charge in [0.2, 0.25) is 0 Å². The summed E-state index contributed by atoms with van der Waals surface area (Å²) in [6, 6.07) is 5.92. The van der Waals surface area contributed by atoms with Crippen molar-refractivity contribution in [2.24, 2.45) is 7.05 Å². The largest absolute Gasteiger partial charge is 0.313 e. The van der Waals surface area contributed by atoms with E-state index >= 15 is 0 Å². The number of halogens is 2. The second-order valence-electron chi connectivity index (χ2n) is 3.62. The van der Waals surface area contributed by atoms with Crippen LogP contribution in [0.1, 0.15) is 11.4 Å². The molecule has 3 nitrogen and oxygen atoms in total. The number of benzene rings is 1. The van der Waals surface area contributed by atoms with Gasteiger partial charge >= 0.3 is 0 Å². The summed E-state index contributed by atoms with van der Waals surface area (Å²) in [5, 5.41) is 9.61. The molecule has 0 unspecified atom stereocenters. The van der Waals surface area contributed by atoms with E-state index in [1.807, 2.05) is 36.7 Å². The van der Waals surface area contributed by atoms with Crippen molar-refractivity contribution in [3.63, 3.8) is 0 Å². The average Bonchev–Trinajstić information content (AvgIpc) is 2.60. The van der Waals surface area contributed by atoms with Crippen LogP contribution in [0.2, 0.25) is 5.02 Å². The van der Waals surface area contributed by atoms with Crippen molar-refractivity contribution in [1.29, 1.82) is 0 Å². The summed E-state index contributed by atoms with van der Waals surface area (Å²) in [6.07, 6.45) is 0. The van der Waals surface area contributed by atoms with Crippen LogP contribution in [0.15, 0.2) is 18.2 Å². The predicted octanol–water partition coefficient (Wildman–Crippen LogP) is 3.34. The maximum atomic E-state index is 6.20. The summed E-state index contributed by atoms with van der Waals surface area (Å²) in [6.45, 7) is 2.01. The number of aryl methyl sites for hydroxylation is 1. The van der Waals surface area contributed by atoms with Crippen molar-refractivity contribution < 1.29 is 0 Å². The molecule has 0 saturated heterocycles. The lowest BCUT2D eigenvalue weighted by atomic mass is 10.1. The fourth-order valence-electron chi connectivity index (χ4n) is 1.51. The van der Waals surface area contributed by atoms with E-state index in [1.165, 1.54) is 0 Å². The van der Waals surface area contributed by atoms with Gasteiger partial charge in [-0.3, -0.25) is 0 Å². The zero-order valence-corrected chi connectivity index (χ0v) is 11.4. The molecule has 0 radical (unpaired) electrons. The Morgan fingerprint density at radius 3 is 2.69 bits per heavy atom. The normalized spacial score (nSPS) is 10.8. The van der Waals surface area contributed by atoms with Crippen molar-refractivity contribution >= 4 is 27.5 Å². The molecular weight excluding hydrogens is 289 g/mol. The molecular formula is C11H11BrClN3. The Balaban J connectivity index is 2.54. The molecule has 0 aliphatic heterocycles. The summed E-state index contributed by atoms with van der Waals surface area (Å²) in [5.74, 6) is 1.67. The monoisotopic (exact) mass is 299 g/mol. The van der Waals surface area contributed by atoms with Gasteiger partial charge in [-0.2, -0.15) is 0 Å². The first-order chi connectivity index (χ1) is 7.63. The van der Waals surface area contributed by atoms with Crippen LogP contribution in [0, 0.1) is 6.92 Å². The van der Waals surface area contributed by atoms with E-state index in [1.54, 1.807) is 0 Å². The van der Waals surface area contributed by atoms with E-state index in [0.717, 1.165) is 22.8 Å². The third-order valence-electron chi connectivity index (χ3n) is 2.45. The van der Waals surface area contributed by atoms with E-state index in [9.17, 15) is 0 Å². The summed E-state index contributed by atoms with van der Waals surface area (Å²) < 4.78 is 1.94. The van der Waals surface area contributed by atoms with Crippen LogP contribution in [-0.4, -0.2) is 14.8 Å². The van der Waals surface area contributed by atoms with Crippen molar-refractivity contribution in [1.82, 2.24) is 14.8 Å². The van der Waals surface area contributed by atoms with Gasteiger partial charge in [-0.05, 0) is 24.6 Å². The quantitative estimate of drug-likeness (QED) is 0.796. The number of hydrogen-bond donors (Lipinski definition) is 0. The van der Waals surface area contributed by atoms with E-state index in [0.29, 0.717) is 10.4 Å². The van der Waals surface area contributed by atoms with Crippen molar-refractivity contribution in [2.45, 2.75) is 12.3 Å². The molecule has 1 heterocycles. The molecule has 0 spiro atoms. The van der Waals surface area contributed by atoms with Gasteiger partial charge in [0, 0.05) is 12.6 Å². The zero-order chi connectivity index (χ0) is 11.7. The molecule has 5 heteroatoms. The summed E-state index contributed by atoms with van der Waals surface area (Å²) >= 11 is 9.56. The van der Waals surface area contributed by atoms with Crippen LogP contribution in [-0.2, 0) is 12.4 Å². The van der Waals surface area contributed by atoms with Crippen molar-refractivity contribution in [3.05, 3.63) is 34.6 Å². The van der Waals surface area contributed by atoms with Gasteiger partial charge in [0.1, 0.15) is 5.82 Å². The highest BCUT2D eigenvalue weighted by Crippen LogP contribution is 2.27. The Morgan fingerprint density at radius 1 is 1.38 bits per heavy atom. The van der Waals surface area contributed by atoms with Crippen LogP contribution in [0.25, 0.3) is 11.4 Å². The maximum absolute atomic E-state index is 6.20. The standard InChI is InChI=1S/C11H11BrClN3/c1-7-3-4-8(9(13)5-7)11-15-14-10(6-12)16(11)2/h3-5H,6H2,1-2H3. The molecule has 0 N–H and O–H groups in total. The minimum absolute atomic E-state index is 0.681. The Hall–Kier alpha value is -0.870. The Labute approximate surface area is 108 Å². The Kier molecular flexibility index (Phi) is 3.30. The molecule has 0 saturated carbocycles. The van der Waals surface area contributed by atoms with Gasteiger partial charge in [-0.1, -0.05) is 33.6 Å². The third-order valence-corrected chi connectivity index (χ3v) is 3.26. The zero-order valence-electron chi connectivity index (χ0n) is 9.04. The minimum Gasteiger partial charge on any atom is -0.313 e. The number of hydrogen-bond acceptors (Lipinski definition) is 2. The van der Waals surface area contributed by atoms with E-state index in [4.69, 9.17) is 11.6 Å². The van der Waals surface area contributed by atoms with E-state index in [-0.39, 0.29) is 0 Å². The number of aromatic nitrogens is 3. The van der Waals surface area contributed by atoms with Gasteiger partial charge in [-0.15, -0.1) is 10.2 Å². The number of rotatable bonds is 2. The molecule has 84 valence electrons. The summed E-state index contributed by atoms with van der Waals surface area (Å²) in [5.41, 5.74) is 2.05. The molecule has 0 amide bonds. The van der Waals surface area contributed by atoms with Gasteiger partial charge < -0.3 is 4.57 Å². The topological polar surface area (TPSA) is 30.7 Å². The first-order valence-electron chi connectivity index (χ1n) is 4.84. The number of nitrogens with zero attached hydrogens (tertiary/aromatic N) is 3. The molecule has 0 fully saturated rings. The predicted molar refractivity (Wildman–Crippen MR) is 68.8 cm³/mol.